The van der Waals surface area contributed by atoms with Gasteiger partial charge >= 0.3 is 5.97 Å². The first-order valence-electron chi connectivity index (χ1n) is 8.83. The fourth-order valence-corrected chi connectivity index (χ4v) is 4.27. The second-order valence-electron chi connectivity index (χ2n) is 7.20. The average Bonchev–Trinajstić information content (AvgIpc) is 2.60. The molecule has 2 aliphatic rings. The summed E-state index contributed by atoms with van der Waals surface area (Å²) in [5.74, 6) is -0.318. The summed E-state index contributed by atoms with van der Waals surface area (Å²) in [6.07, 6.45) is 4.73. The SMILES string of the molecule is COC(=O)c1cc(NC(=O)C2CC3CCCC(C2)C3N)cc([N+](=O)[O-])c1.Cl. The van der Waals surface area contributed by atoms with E-state index in [0.29, 0.717) is 11.8 Å². The maximum atomic E-state index is 12.7. The number of hydrogen-bond acceptors (Lipinski definition) is 6. The van der Waals surface area contributed by atoms with Gasteiger partial charge < -0.3 is 15.8 Å². The number of rotatable bonds is 4. The van der Waals surface area contributed by atoms with Crippen molar-refractivity contribution in [1.29, 1.82) is 0 Å². The number of non-ortho nitro benzene ring substituents is 1. The Morgan fingerprint density at radius 2 is 1.85 bits per heavy atom. The molecule has 0 saturated heterocycles. The Hall–Kier alpha value is -2.19. The molecule has 2 fully saturated rings. The van der Waals surface area contributed by atoms with E-state index in [0.717, 1.165) is 38.2 Å². The molecule has 1 amide bonds. The summed E-state index contributed by atoms with van der Waals surface area (Å²) in [6, 6.07) is 3.94. The molecule has 3 rings (SSSR count). The van der Waals surface area contributed by atoms with Crippen molar-refractivity contribution in [1.82, 2.24) is 0 Å². The zero-order valence-corrected chi connectivity index (χ0v) is 15.9. The van der Waals surface area contributed by atoms with Gasteiger partial charge in [0, 0.05) is 29.8 Å². The van der Waals surface area contributed by atoms with Crippen molar-refractivity contribution in [3.05, 3.63) is 33.9 Å². The van der Waals surface area contributed by atoms with Gasteiger partial charge in [0.05, 0.1) is 17.6 Å². The van der Waals surface area contributed by atoms with E-state index in [2.05, 4.69) is 10.1 Å². The maximum Gasteiger partial charge on any atom is 0.338 e. The molecule has 8 nitrogen and oxygen atoms in total. The molecule has 1 aromatic rings. The van der Waals surface area contributed by atoms with Crippen LogP contribution >= 0.6 is 12.4 Å². The van der Waals surface area contributed by atoms with E-state index in [-0.39, 0.29) is 47.2 Å². The normalized spacial score (nSPS) is 26.4. The van der Waals surface area contributed by atoms with Crippen LogP contribution in [0.2, 0.25) is 0 Å². The largest absolute Gasteiger partial charge is 0.465 e. The van der Waals surface area contributed by atoms with Crippen molar-refractivity contribution in [3.8, 4) is 0 Å². The molecule has 2 saturated carbocycles. The molecule has 3 N–H and O–H groups in total. The minimum absolute atomic E-state index is 0. The highest BCUT2D eigenvalue weighted by molar-refractivity contribution is 5.96. The summed E-state index contributed by atoms with van der Waals surface area (Å²) in [5.41, 5.74) is 6.24. The Balaban J connectivity index is 0.00000261. The van der Waals surface area contributed by atoms with Gasteiger partial charge in [0.2, 0.25) is 5.91 Å². The van der Waals surface area contributed by atoms with E-state index < -0.39 is 10.9 Å². The number of esters is 1. The highest BCUT2D eigenvalue weighted by Crippen LogP contribution is 2.42. The Labute approximate surface area is 163 Å². The number of carbonyl (C=O) groups excluding carboxylic acids is 2. The smallest absolute Gasteiger partial charge is 0.338 e. The second-order valence-corrected chi connectivity index (χ2v) is 7.20. The fraction of sp³-hybridized carbons (Fsp3) is 0.556. The minimum Gasteiger partial charge on any atom is -0.465 e. The van der Waals surface area contributed by atoms with E-state index in [1.165, 1.54) is 19.2 Å². The summed E-state index contributed by atoms with van der Waals surface area (Å²) in [4.78, 5) is 34.9. The zero-order chi connectivity index (χ0) is 18.8. The maximum absolute atomic E-state index is 12.7. The van der Waals surface area contributed by atoms with E-state index in [1.54, 1.807) is 0 Å². The first-order valence-corrected chi connectivity index (χ1v) is 8.83. The number of halogens is 1. The van der Waals surface area contributed by atoms with Crippen LogP contribution in [-0.4, -0.2) is 30.0 Å². The van der Waals surface area contributed by atoms with Crippen molar-refractivity contribution in [2.45, 2.75) is 38.1 Å². The number of nitro groups is 1. The molecule has 2 unspecified atom stereocenters. The van der Waals surface area contributed by atoms with E-state index in [1.807, 2.05) is 0 Å². The molecule has 2 aliphatic carbocycles. The Morgan fingerprint density at radius 3 is 2.41 bits per heavy atom. The van der Waals surface area contributed by atoms with Gasteiger partial charge in [-0.1, -0.05) is 6.42 Å². The van der Waals surface area contributed by atoms with Crippen molar-refractivity contribution < 1.29 is 19.2 Å². The molecule has 148 valence electrons. The third-order valence-corrected chi connectivity index (χ3v) is 5.60. The average molecular weight is 398 g/mol. The van der Waals surface area contributed by atoms with Gasteiger partial charge in [-0.15, -0.1) is 12.4 Å². The van der Waals surface area contributed by atoms with Crippen LogP contribution in [0, 0.1) is 27.9 Å². The lowest BCUT2D eigenvalue weighted by Gasteiger charge is -2.43. The molecule has 1 aromatic carbocycles. The van der Waals surface area contributed by atoms with Crippen LogP contribution in [0.5, 0.6) is 0 Å². The predicted molar refractivity (Wildman–Crippen MR) is 102 cm³/mol. The van der Waals surface area contributed by atoms with Crippen LogP contribution < -0.4 is 11.1 Å². The van der Waals surface area contributed by atoms with E-state index in [9.17, 15) is 19.7 Å². The lowest BCUT2D eigenvalue weighted by molar-refractivity contribution is -0.384. The second kappa shape index (κ2) is 8.67. The van der Waals surface area contributed by atoms with Crippen molar-refractivity contribution in [2.24, 2.45) is 23.5 Å². The molecule has 27 heavy (non-hydrogen) atoms. The summed E-state index contributed by atoms with van der Waals surface area (Å²) in [6.45, 7) is 0. The van der Waals surface area contributed by atoms with Gasteiger partial charge in [-0.3, -0.25) is 14.9 Å². The highest BCUT2D eigenvalue weighted by Gasteiger charge is 2.40. The third kappa shape index (κ3) is 4.56. The van der Waals surface area contributed by atoms with E-state index in [4.69, 9.17) is 5.73 Å². The van der Waals surface area contributed by atoms with Gasteiger partial charge in [-0.2, -0.15) is 0 Å². The minimum atomic E-state index is -0.692. The number of benzene rings is 1. The number of anilines is 1. The van der Waals surface area contributed by atoms with Gasteiger partial charge in [0.15, 0.2) is 0 Å². The molecular weight excluding hydrogens is 374 g/mol. The third-order valence-electron chi connectivity index (χ3n) is 5.60. The molecule has 0 spiro atoms. The standard InChI is InChI=1S/C18H23N3O5.ClH/c1-26-18(23)13-7-14(9-15(8-13)21(24)25)20-17(22)12-5-10-3-2-4-11(6-12)16(10)19;/h7-12,16H,2-6,19H2,1H3,(H,20,22);1H. The number of amides is 1. The topological polar surface area (TPSA) is 125 Å². The molecule has 0 radical (unpaired) electrons. The number of hydrogen-bond donors (Lipinski definition) is 2. The first-order chi connectivity index (χ1) is 12.4. The van der Waals surface area contributed by atoms with Gasteiger partial charge in [0.25, 0.3) is 5.69 Å². The number of nitrogens with one attached hydrogen (secondary N) is 1. The van der Waals surface area contributed by atoms with Crippen LogP contribution in [0.15, 0.2) is 18.2 Å². The number of ether oxygens (including phenoxy) is 1. The number of fused-ring (bicyclic) bond motifs is 2. The molecular formula is C18H24ClN3O5. The number of methoxy groups -OCH3 is 1. The summed E-state index contributed by atoms with van der Waals surface area (Å²) in [5, 5.41) is 13.8. The van der Waals surface area contributed by atoms with Gasteiger partial charge in [-0.05, 0) is 43.6 Å². The van der Waals surface area contributed by atoms with Crippen LogP contribution in [0.1, 0.15) is 42.5 Å². The quantitative estimate of drug-likeness (QED) is 0.457. The van der Waals surface area contributed by atoms with Crippen molar-refractivity contribution >= 4 is 35.7 Å². The summed E-state index contributed by atoms with van der Waals surface area (Å²) < 4.78 is 4.62. The molecule has 0 heterocycles. The number of nitro benzene ring substituents is 1. The lowest BCUT2D eigenvalue weighted by atomic mass is 9.65. The summed E-state index contributed by atoms with van der Waals surface area (Å²) >= 11 is 0. The first kappa shape index (κ1) is 21.1. The van der Waals surface area contributed by atoms with Crippen molar-refractivity contribution in [3.63, 3.8) is 0 Å². The van der Waals surface area contributed by atoms with Gasteiger partial charge in [0.1, 0.15) is 0 Å². The Bertz CT molecular complexity index is 728. The van der Waals surface area contributed by atoms with Gasteiger partial charge in [-0.25, -0.2) is 4.79 Å². The molecule has 0 aromatic heterocycles. The van der Waals surface area contributed by atoms with Crippen molar-refractivity contribution in [2.75, 3.05) is 12.4 Å². The van der Waals surface area contributed by atoms with Crippen LogP contribution in [-0.2, 0) is 9.53 Å². The molecule has 9 heteroatoms. The molecule has 2 bridgehead atoms. The zero-order valence-electron chi connectivity index (χ0n) is 15.1. The number of nitrogens with two attached hydrogens (primary N) is 1. The Kier molecular flexibility index (Phi) is 6.78. The summed E-state index contributed by atoms with van der Waals surface area (Å²) in [7, 11) is 1.20. The highest BCUT2D eigenvalue weighted by atomic mass is 35.5. The monoisotopic (exact) mass is 397 g/mol. The van der Waals surface area contributed by atoms with Crippen LogP contribution in [0.25, 0.3) is 0 Å². The lowest BCUT2D eigenvalue weighted by Crippen LogP contribution is -2.48. The number of nitrogens with zero attached hydrogens (tertiary/aromatic N) is 1. The van der Waals surface area contributed by atoms with Crippen LogP contribution in [0.3, 0.4) is 0 Å². The van der Waals surface area contributed by atoms with Crippen LogP contribution in [0.4, 0.5) is 11.4 Å². The fourth-order valence-electron chi connectivity index (χ4n) is 4.27. The predicted octanol–water partition coefficient (Wildman–Crippen LogP) is 2.90. The molecule has 2 atom stereocenters. The Morgan fingerprint density at radius 1 is 1.22 bits per heavy atom. The van der Waals surface area contributed by atoms with E-state index >= 15 is 0 Å². The number of carbonyl (C=O) groups is 2. The molecule has 0 aliphatic heterocycles.